The van der Waals surface area contributed by atoms with E-state index in [-0.39, 0.29) is 16.2 Å². The molecule has 0 heterocycles. The first-order valence-electron chi connectivity index (χ1n) is 3.87. The van der Waals surface area contributed by atoms with Gasteiger partial charge in [0.2, 0.25) is 0 Å². The molecule has 0 aliphatic rings. The van der Waals surface area contributed by atoms with Gasteiger partial charge in [-0.05, 0) is 25.1 Å². The molecule has 0 fully saturated rings. The lowest BCUT2D eigenvalue weighted by atomic mass is 10.1. The predicted octanol–water partition coefficient (Wildman–Crippen LogP) is 2.97. The van der Waals surface area contributed by atoms with Gasteiger partial charge >= 0.3 is 5.97 Å². The number of rotatable bonds is 2. The summed E-state index contributed by atoms with van der Waals surface area (Å²) in [6, 6.07) is 4.08. The molecule has 0 saturated carbocycles. The van der Waals surface area contributed by atoms with Crippen molar-refractivity contribution in [2.24, 2.45) is 0 Å². The normalized spacial score (nSPS) is 11.5. The second-order valence-corrected chi connectivity index (χ2v) is 3.23. The van der Waals surface area contributed by atoms with Crippen LogP contribution in [0.3, 0.4) is 0 Å². The number of hydrogen-bond donors (Lipinski definition) is 1. The first-order chi connectivity index (χ1) is 6.50. The van der Waals surface area contributed by atoms with Crippen LogP contribution in [0, 0.1) is 5.82 Å². The van der Waals surface area contributed by atoms with Crippen LogP contribution in [0.1, 0.15) is 12.5 Å². The zero-order valence-electron chi connectivity index (χ0n) is 7.42. The van der Waals surface area contributed by atoms with Gasteiger partial charge in [0.15, 0.2) is 0 Å². The van der Waals surface area contributed by atoms with Crippen molar-refractivity contribution in [3.05, 3.63) is 40.2 Å². The van der Waals surface area contributed by atoms with Gasteiger partial charge in [-0.15, -0.1) is 0 Å². The summed E-state index contributed by atoms with van der Waals surface area (Å²) in [5.41, 5.74) is 0.292. The fraction of sp³-hybridized carbons (Fsp3) is 0.100. The minimum atomic E-state index is -1.07. The van der Waals surface area contributed by atoms with Crippen LogP contribution in [0.15, 0.2) is 23.8 Å². The topological polar surface area (TPSA) is 37.3 Å². The molecule has 0 saturated heterocycles. The van der Waals surface area contributed by atoms with E-state index in [1.807, 2.05) is 0 Å². The van der Waals surface area contributed by atoms with Gasteiger partial charge in [-0.25, -0.2) is 9.18 Å². The first kappa shape index (κ1) is 10.7. The molecule has 0 amide bonds. The second kappa shape index (κ2) is 4.24. The molecule has 2 nitrogen and oxygen atoms in total. The van der Waals surface area contributed by atoms with Gasteiger partial charge in [0.05, 0.1) is 0 Å². The Morgan fingerprint density at radius 3 is 2.71 bits per heavy atom. The molecule has 74 valence electrons. The zero-order chi connectivity index (χ0) is 10.7. The van der Waals surface area contributed by atoms with Gasteiger partial charge in [-0.1, -0.05) is 17.7 Å². The summed E-state index contributed by atoms with van der Waals surface area (Å²) >= 11 is 5.54. The molecular weight excluding hydrogens is 207 g/mol. The number of hydrogen-bond acceptors (Lipinski definition) is 1. The number of benzene rings is 1. The average Bonchev–Trinajstić information content (AvgIpc) is 2.09. The van der Waals surface area contributed by atoms with Crippen LogP contribution in [-0.4, -0.2) is 11.1 Å². The third-order valence-electron chi connectivity index (χ3n) is 1.67. The summed E-state index contributed by atoms with van der Waals surface area (Å²) in [5.74, 6) is -1.60. The van der Waals surface area contributed by atoms with E-state index in [0.717, 1.165) is 6.07 Å². The van der Waals surface area contributed by atoms with E-state index in [1.54, 1.807) is 0 Å². The van der Waals surface area contributed by atoms with Crippen LogP contribution in [0.5, 0.6) is 0 Å². The largest absolute Gasteiger partial charge is 0.478 e. The molecule has 0 aromatic heterocycles. The molecule has 1 aromatic carbocycles. The first-order valence-corrected chi connectivity index (χ1v) is 4.25. The standard InChI is InChI=1S/C10H8ClFO2/c1-6(10(13)14)4-7-2-3-8(11)5-9(7)12/h2-5H,1H3,(H,13,14)/b6-4+. The number of carboxylic acids is 1. The van der Waals surface area contributed by atoms with Crippen molar-refractivity contribution >= 4 is 23.6 Å². The van der Waals surface area contributed by atoms with E-state index < -0.39 is 11.8 Å². The number of carbonyl (C=O) groups is 1. The van der Waals surface area contributed by atoms with Gasteiger partial charge in [-0.2, -0.15) is 0 Å². The molecule has 1 rings (SSSR count). The molecule has 0 unspecified atom stereocenters. The minimum absolute atomic E-state index is 0.0752. The highest BCUT2D eigenvalue weighted by molar-refractivity contribution is 6.30. The highest BCUT2D eigenvalue weighted by Crippen LogP contribution is 2.17. The maximum atomic E-state index is 13.2. The lowest BCUT2D eigenvalue weighted by Gasteiger charge is -1.98. The molecule has 0 spiro atoms. The number of carboxylic acid groups (broad SMARTS) is 1. The average molecular weight is 215 g/mol. The quantitative estimate of drug-likeness (QED) is 0.769. The summed E-state index contributed by atoms with van der Waals surface area (Å²) in [6.07, 6.45) is 1.26. The van der Waals surface area contributed by atoms with Gasteiger partial charge in [0, 0.05) is 16.2 Å². The second-order valence-electron chi connectivity index (χ2n) is 2.80. The van der Waals surface area contributed by atoms with Gasteiger partial charge in [-0.3, -0.25) is 0 Å². The fourth-order valence-electron chi connectivity index (χ4n) is 0.914. The maximum Gasteiger partial charge on any atom is 0.331 e. The van der Waals surface area contributed by atoms with Crippen LogP contribution < -0.4 is 0 Å². The van der Waals surface area contributed by atoms with Crippen LogP contribution in [0.25, 0.3) is 6.08 Å². The van der Waals surface area contributed by atoms with E-state index in [1.165, 1.54) is 25.1 Å². The summed E-state index contributed by atoms with van der Waals surface area (Å²) in [5, 5.41) is 8.86. The summed E-state index contributed by atoms with van der Waals surface area (Å²) in [6.45, 7) is 1.40. The van der Waals surface area contributed by atoms with Gasteiger partial charge < -0.3 is 5.11 Å². The molecule has 0 bridgehead atoms. The molecule has 14 heavy (non-hydrogen) atoms. The fourth-order valence-corrected chi connectivity index (χ4v) is 1.07. The molecule has 0 aliphatic heterocycles. The van der Waals surface area contributed by atoms with Gasteiger partial charge in [0.1, 0.15) is 5.82 Å². The van der Waals surface area contributed by atoms with Crippen molar-refractivity contribution in [3.63, 3.8) is 0 Å². The van der Waals surface area contributed by atoms with Crippen molar-refractivity contribution in [1.82, 2.24) is 0 Å². The van der Waals surface area contributed by atoms with Crippen molar-refractivity contribution in [1.29, 1.82) is 0 Å². The maximum absolute atomic E-state index is 13.2. The van der Waals surface area contributed by atoms with E-state index in [9.17, 15) is 9.18 Å². The summed E-state index contributed by atoms with van der Waals surface area (Å²) in [7, 11) is 0. The van der Waals surface area contributed by atoms with Crippen molar-refractivity contribution in [2.75, 3.05) is 0 Å². The Morgan fingerprint density at radius 2 is 2.21 bits per heavy atom. The Hall–Kier alpha value is -1.35. The Morgan fingerprint density at radius 1 is 1.57 bits per heavy atom. The molecule has 0 radical (unpaired) electrons. The van der Waals surface area contributed by atoms with Crippen LogP contribution in [-0.2, 0) is 4.79 Å². The summed E-state index contributed by atoms with van der Waals surface area (Å²) in [4.78, 5) is 10.5. The number of aliphatic carboxylic acids is 1. The predicted molar refractivity (Wildman–Crippen MR) is 52.7 cm³/mol. The Balaban J connectivity index is 3.09. The molecule has 4 heteroatoms. The van der Waals surface area contributed by atoms with E-state index in [4.69, 9.17) is 16.7 Å². The van der Waals surface area contributed by atoms with Crippen LogP contribution in [0.4, 0.5) is 4.39 Å². The highest BCUT2D eigenvalue weighted by Gasteiger charge is 2.04. The van der Waals surface area contributed by atoms with Crippen LogP contribution in [0.2, 0.25) is 5.02 Å². The number of halogens is 2. The monoisotopic (exact) mass is 214 g/mol. The van der Waals surface area contributed by atoms with Crippen LogP contribution >= 0.6 is 11.6 Å². The van der Waals surface area contributed by atoms with Crippen molar-refractivity contribution in [3.8, 4) is 0 Å². The lowest BCUT2D eigenvalue weighted by Crippen LogP contribution is -1.96. The smallest absolute Gasteiger partial charge is 0.331 e. The molecule has 0 aliphatic carbocycles. The Kier molecular flexibility index (Phi) is 3.25. The third-order valence-corrected chi connectivity index (χ3v) is 1.91. The Labute approximate surface area is 85.6 Å². The SMILES string of the molecule is C/C(=C\c1ccc(Cl)cc1F)C(=O)O. The molecular formula is C10H8ClFO2. The minimum Gasteiger partial charge on any atom is -0.478 e. The lowest BCUT2D eigenvalue weighted by molar-refractivity contribution is -0.132. The van der Waals surface area contributed by atoms with Crippen molar-refractivity contribution in [2.45, 2.75) is 6.92 Å². The van der Waals surface area contributed by atoms with Crippen molar-refractivity contribution < 1.29 is 14.3 Å². The molecule has 1 N–H and O–H groups in total. The van der Waals surface area contributed by atoms with Gasteiger partial charge in [0.25, 0.3) is 0 Å². The summed E-state index contributed by atoms with van der Waals surface area (Å²) < 4.78 is 13.2. The molecule has 1 aromatic rings. The third kappa shape index (κ3) is 2.57. The zero-order valence-corrected chi connectivity index (χ0v) is 8.18. The highest BCUT2D eigenvalue weighted by atomic mass is 35.5. The van der Waals surface area contributed by atoms with E-state index in [2.05, 4.69) is 0 Å². The van der Waals surface area contributed by atoms with E-state index >= 15 is 0 Å². The van der Waals surface area contributed by atoms with E-state index in [0.29, 0.717) is 0 Å². The molecule has 0 atom stereocenters. The Bertz CT molecular complexity index is 399.